The van der Waals surface area contributed by atoms with E-state index in [9.17, 15) is 9.59 Å². The summed E-state index contributed by atoms with van der Waals surface area (Å²) in [4.78, 5) is 29.4. The number of carbonyl (C=O) groups is 2. The van der Waals surface area contributed by atoms with Gasteiger partial charge in [0.2, 0.25) is 5.91 Å². The molecule has 162 valence electrons. The topological polar surface area (TPSA) is 70.5 Å². The molecule has 8 heteroatoms. The zero-order valence-electron chi connectivity index (χ0n) is 17.4. The fourth-order valence-electron chi connectivity index (χ4n) is 4.43. The van der Waals surface area contributed by atoms with E-state index >= 15 is 0 Å². The van der Waals surface area contributed by atoms with Gasteiger partial charge in [0.05, 0.1) is 30.5 Å². The maximum Gasteiger partial charge on any atom is 0.257 e. The highest BCUT2D eigenvalue weighted by Crippen LogP contribution is 2.21. The van der Waals surface area contributed by atoms with Crippen molar-refractivity contribution in [2.45, 2.75) is 38.8 Å². The van der Waals surface area contributed by atoms with Crippen molar-refractivity contribution < 1.29 is 9.59 Å². The Labute approximate surface area is 183 Å². The molecule has 2 aliphatic heterocycles. The Balaban J connectivity index is 0.00000256. The van der Waals surface area contributed by atoms with Crippen LogP contribution in [0, 0.1) is 0 Å². The monoisotopic (exact) mass is 431 g/mol. The molecule has 0 spiro atoms. The number of hydrogen-bond acceptors (Lipinski definition) is 4. The van der Waals surface area contributed by atoms with Crippen molar-refractivity contribution in [1.82, 2.24) is 24.9 Å². The van der Waals surface area contributed by atoms with Gasteiger partial charge in [-0.15, -0.1) is 12.4 Å². The Hall–Kier alpha value is -2.38. The van der Waals surface area contributed by atoms with Crippen molar-refractivity contribution >= 4 is 24.2 Å². The van der Waals surface area contributed by atoms with Crippen LogP contribution in [0.3, 0.4) is 0 Å². The fraction of sp³-hybridized carbons (Fsp3) is 0.500. The summed E-state index contributed by atoms with van der Waals surface area (Å²) in [6.45, 7) is 6.02. The molecule has 2 saturated heterocycles. The summed E-state index contributed by atoms with van der Waals surface area (Å²) < 4.78 is 1.93. The van der Waals surface area contributed by atoms with Crippen LogP contribution in [-0.4, -0.2) is 70.2 Å². The van der Waals surface area contributed by atoms with Crippen LogP contribution in [0.25, 0.3) is 0 Å². The molecule has 30 heavy (non-hydrogen) atoms. The predicted octanol–water partition coefficient (Wildman–Crippen LogP) is 1.95. The van der Waals surface area contributed by atoms with Crippen molar-refractivity contribution in [2.75, 3.05) is 32.7 Å². The van der Waals surface area contributed by atoms with Crippen LogP contribution < -0.4 is 5.32 Å². The average molecular weight is 432 g/mol. The van der Waals surface area contributed by atoms with Gasteiger partial charge in [0.1, 0.15) is 0 Å². The van der Waals surface area contributed by atoms with Crippen LogP contribution in [0.4, 0.5) is 0 Å². The lowest BCUT2D eigenvalue weighted by molar-refractivity contribution is -0.135. The number of nitrogens with one attached hydrogen (secondary N) is 1. The summed E-state index contributed by atoms with van der Waals surface area (Å²) in [5.41, 5.74) is 2.83. The molecule has 4 rings (SSSR count). The molecule has 0 aliphatic carbocycles. The second-order valence-corrected chi connectivity index (χ2v) is 7.81. The number of amides is 2. The minimum Gasteiger partial charge on any atom is -0.336 e. The number of halogens is 1. The zero-order chi connectivity index (χ0) is 20.2. The Bertz CT molecular complexity index is 870. The molecule has 1 unspecified atom stereocenters. The van der Waals surface area contributed by atoms with Crippen LogP contribution in [0.15, 0.2) is 36.5 Å². The number of piperidine rings is 1. The average Bonchev–Trinajstić information content (AvgIpc) is 3.16. The highest BCUT2D eigenvalue weighted by atomic mass is 35.5. The molecule has 3 heterocycles. The van der Waals surface area contributed by atoms with Crippen molar-refractivity contribution in [1.29, 1.82) is 0 Å². The number of nitrogens with zero attached hydrogens (tertiary/aromatic N) is 4. The van der Waals surface area contributed by atoms with Crippen molar-refractivity contribution in [3.8, 4) is 0 Å². The van der Waals surface area contributed by atoms with E-state index in [1.807, 2.05) is 32.7 Å². The molecular formula is C22H30ClN5O2. The molecule has 2 amide bonds. The van der Waals surface area contributed by atoms with E-state index in [2.05, 4.69) is 29.5 Å². The molecule has 1 N–H and O–H groups in total. The van der Waals surface area contributed by atoms with Gasteiger partial charge >= 0.3 is 0 Å². The number of aromatic nitrogens is 2. The highest BCUT2D eigenvalue weighted by molar-refractivity contribution is 5.95. The van der Waals surface area contributed by atoms with E-state index in [1.165, 1.54) is 5.56 Å². The number of rotatable bonds is 5. The first kappa shape index (κ1) is 22.3. The van der Waals surface area contributed by atoms with Crippen molar-refractivity contribution in [2.24, 2.45) is 0 Å². The van der Waals surface area contributed by atoms with Crippen LogP contribution >= 0.6 is 12.4 Å². The summed E-state index contributed by atoms with van der Waals surface area (Å²) in [7, 11) is 0. The van der Waals surface area contributed by atoms with Gasteiger partial charge in [0.25, 0.3) is 5.91 Å². The van der Waals surface area contributed by atoms with Crippen LogP contribution in [0.1, 0.15) is 41.4 Å². The molecule has 2 aromatic rings. The molecule has 2 aliphatic rings. The fourth-order valence-corrected chi connectivity index (χ4v) is 4.43. The minimum absolute atomic E-state index is 0. The molecule has 1 aromatic carbocycles. The third-order valence-corrected chi connectivity index (χ3v) is 5.94. The van der Waals surface area contributed by atoms with Crippen LogP contribution in [0.2, 0.25) is 0 Å². The van der Waals surface area contributed by atoms with Gasteiger partial charge in [-0.1, -0.05) is 37.3 Å². The first-order valence-electron chi connectivity index (χ1n) is 10.6. The lowest BCUT2D eigenvalue weighted by Gasteiger charge is -2.41. The molecule has 0 saturated carbocycles. The maximum absolute atomic E-state index is 13.3. The quantitative estimate of drug-likeness (QED) is 0.785. The number of benzene rings is 1. The van der Waals surface area contributed by atoms with Gasteiger partial charge in [0.15, 0.2) is 0 Å². The first-order valence-corrected chi connectivity index (χ1v) is 10.6. The van der Waals surface area contributed by atoms with Gasteiger partial charge in [0, 0.05) is 32.2 Å². The Morgan fingerprint density at radius 2 is 2.03 bits per heavy atom. The second-order valence-electron chi connectivity index (χ2n) is 7.81. The van der Waals surface area contributed by atoms with E-state index < -0.39 is 0 Å². The summed E-state index contributed by atoms with van der Waals surface area (Å²) in [5, 5.41) is 7.63. The maximum atomic E-state index is 13.3. The summed E-state index contributed by atoms with van der Waals surface area (Å²) >= 11 is 0. The summed E-state index contributed by atoms with van der Waals surface area (Å²) in [6.07, 6.45) is 4.35. The van der Waals surface area contributed by atoms with Crippen molar-refractivity contribution in [3.63, 3.8) is 0 Å². The number of piperazine rings is 1. The van der Waals surface area contributed by atoms with Gasteiger partial charge < -0.3 is 15.1 Å². The third kappa shape index (κ3) is 4.68. The Morgan fingerprint density at radius 3 is 2.77 bits per heavy atom. The van der Waals surface area contributed by atoms with E-state index in [-0.39, 0.29) is 30.3 Å². The lowest BCUT2D eigenvalue weighted by atomic mass is 10.0. The lowest BCUT2D eigenvalue weighted by Crippen LogP contribution is -2.57. The molecule has 0 radical (unpaired) electrons. The number of carbonyl (C=O) groups excluding carboxylic acids is 2. The standard InChI is InChI=1S/C22H29N5O2.ClH/c1-2-20-19(13-24-27(20)15-17-7-4-3-5-8-17)22(29)25-11-6-9-18(16-25)26-12-10-23-14-21(26)28;/h3-5,7-8,13,18,23H,2,6,9-12,14-16H2,1H3;1H. The van der Waals surface area contributed by atoms with Gasteiger partial charge in [-0.05, 0) is 24.8 Å². The predicted molar refractivity (Wildman–Crippen MR) is 118 cm³/mol. The smallest absolute Gasteiger partial charge is 0.257 e. The zero-order valence-corrected chi connectivity index (χ0v) is 18.2. The molecular weight excluding hydrogens is 402 g/mol. The number of likely N-dealkylation sites (tertiary alicyclic amines) is 1. The largest absolute Gasteiger partial charge is 0.336 e. The number of hydrogen-bond donors (Lipinski definition) is 1. The normalized spacial score (nSPS) is 19.5. The van der Waals surface area contributed by atoms with Gasteiger partial charge in [-0.3, -0.25) is 14.3 Å². The van der Waals surface area contributed by atoms with Gasteiger partial charge in [-0.2, -0.15) is 5.10 Å². The minimum atomic E-state index is 0. The molecule has 7 nitrogen and oxygen atoms in total. The first-order chi connectivity index (χ1) is 14.2. The molecule has 1 aromatic heterocycles. The van der Waals surface area contributed by atoms with E-state index in [0.29, 0.717) is 25.2 Å². The Morgan fingerprint density at radius 1 is 1.23 bits per heavy atom. The SMILES string of the molecule is CCc1c(C(=O)N2CCCC(N3CCNCC3=O)C2)cnn1Cc1ccccc1.Cl. The summed E-state index contributed by atoms with van der Waals surface area (Å²) in [6, 6.07) is 10.3. The molecule has 2 fully saturated rings. The van der Waals surface area contributed by atoms with Gasteiger partial charge in [-0.25, -0.2) is 0 Å². The van der Waals surface area contributed by atoms with E-state index in [1.54, 1.807) is 6.20 Å². The summed E-state index contributed by atoms with van der Waals surface area (Å²) in [5.74, 6) is 0.175. The highest BCUT2D eigenvalue weighted by Gasteiger charge is 2.33. The molecule has 1 atom stereocenters. The van der Waals surface area contributed by atoms with E-state index in [0.717, 1.165) is 44.6 Å². The van der Waals surface area contributed by atoms with Crippen molar-refractivity contribution in [3.05, 3.63) is 53.3 Å². The van der Waals surface area contributed by atoms with E-state index in [4.69, 9.17) is 0 Å². The van der Waals surface area contributed by atoms with Crippen LogP contribution in [-0.2, 0) is 17.8 Å². The second kappa shape index (κ2) is 10.1. The molecule has 0 bridgehead atoms. The third-order valence-electron chi connectivity index (χ3n) is 5.94. The Kier molecular flexibility index (Phi) is 7.50. The van der Waals surface area contributed by atoms with Crippen LogP contribution in [0.5, 0.6) is 0 Å².